The van der Waals surface area contributed by atoms with E-state index in [0.717, 1.165) is 38.3 Å². The van der Waals surface area contributed by atoms with Crippen molar-refractivity contribution in [1.82, 2.24) is 10.6 Å². The van der Waals surface area contributed by atoms with E-state index in [-0.39, 0.29) is 30.6 Å². The largest absolute Gasteiger partial charge is 0.396 e. The molecule has 138 valence electrons. The highest BCUT2D eigenvalue weighted by Crippen LogP contribution is 2.34. The minimum Gasteiger partial charge on any atom is -0.396 e. The summed E-state index contributed by atoms with van der Waals surface area (Å²) in [6.07, 6.45) is 8.18. The number of hydrogen-bond donors (Lipinski definition) is 3. The third kappa shape index (κ3) is 9.75. The molecule has 0 heterocycles. The molecule has 0 radical (unpaired) electrons. The van der Waals surface area contributed by atoms with Gasteiger partial charge in [0.2, 0.25) is 0 Å². The van der Waals surface area contributed by atoms with Crippen LogP contribution in [0.3, 0.4) is 0 Å². The summed E-state index contributed by atoms with van der Waals surface area (Å²) in [5.41, 5.74) is 0.501. The first-order valence-corrected chi connectivity index (χ1v) is 9.16. The summed E-state index contributed by atoms with van der Waals surface area (Å²) in [7, 11) is 0. The second-order valence-electron chi connectivity index (χ2n) is 7.47. The van der Waals surface area contributed by atoms with E-state index in [0.29, 0.717) is 17.4 Å². The van der Waals surface area contributed by atoms with Crippen LogP contribution < -0.4 is 10.6 Å². The van der Waals surface area contributed by atoms with Crippen LogP contribution in [0.15, 0.2) is 4.99 Å². The molecule has 23 heavy (non-hydrogen) atoms. The van der Waals surface area contributed by atoms with Crippen LogP contribution in [0.5, 0.6) is 0 Å². The van der Waals surface area contributed by atoms with Gasteiger partial charge in [-0.1, -0.05) is 27.2 Å². The minimum atomic E-state index is 0. The van der Waals surface area contributed by atoms with E-state index in [1.54, 1.807) is 0 Å². The lowest BCUT2D eigenvalue weighted by Gasteiger charge is -2.35. The summed E-state index contributed by atoms with van der Waals surface area (Å²) < 4.78 is 0. The zero-order chi connectivity index (χ0) is 16.4. The minimum absolute atomic E-state index is 0. The molecule has 0 aromatic heterocycles. The maximum absolute atomic E-state index is 9.16. The van der Waals surface area contributed by atoms with Gasteiger partial charge in [0.25, 0.3) is 0 Å². The predicted octanol–water partition coefficient (Wildman–Crippen LogP) is 3.93. The first-order valence-electron chi connectivity index (χ1n) is 9.16. The van der Waals surface area contributed by atoms with Gasteiger partial charge in [0.15, 0.2) is 5.96 Å². The molecule has 0 aliphatic heterocycles. The van der Waals surface area contributed by atoms with Crippen LogP contribution >= 0.6 is 24.0 Å². The standard InChI is InChI=1S/C18H37N3O.HI/c1-5-7-15(10-13-22)14-20-17(19-6-2)21-16-8-11-18(3,4)12-9-16;/h15-16,22H,5-14H2,1-4H3,(H2,19,20,21);1H. The van der Waals surface area contributed by atoms with E-state index >= 15 is 0 Å². The Kier molecular flexibility index (Phi) is 12.3. The Morgan fingerprint density at radius 1 is 1.22 bits per heavy atom. The highest BCUT2D eigenvalue weighted by molar-refractivity contribution is 14.0. The van der Waals surface area contributed by atoms with Gasteiger partial charge in [0, 0.05) is 25.7 Å². The summed E-state index contributed by atoms with van der Waals surface area (Å²) >= 11 is 0. The number of aliphatic hydroxyl groups excluding tert-OH is 1. The highest BCUT2D eigenvalue weighted by atomic mass is 127. The average molecular weight is 439 g/mol. The molecular weight excluding hydrogens is 401 g/mol. The molecule has 0 bridgehead atoms. The van der Waals surface area contributed by atoms with Crippen LogP contribution in [-0.2, 0) is 0 Å². The first-order chi connectivity index (χ1) is 10.5. The monoisotopic (exact) mass is 439 g/mol. The maximum Gasteiger partial charge on any atom is 0.191 e. The quantitative estimate of drug-likeness (QED) is 0.305. The molecule has 4 nitrogen and oxygen atoms in total. The summed E-state index contributed by atoms with van der Waals surface area (Å²) in [4.78, 5) is 4.76. The fourth-order valence-corrected chi connectivity index (χ4v) is 3.20. The van der Waals surface area contributed by atoms with Crippen molar-refractivity contribution in [3.05, 3.63) is 0 Å². The summed E-state index contributed by atoms with van der Waals surface area (Å²) in [5.74, 6) is 1.45. The Bertz CT molecular complexity index is 318. The fraction of sp³-hybridized carbons (Fsp3) is 0.944. The van der Waals surface area contributed by atoms with E-state index < -0.39 is 0 Å². The third-order valence-electron chi connectivity index (χ3n) is 4.77. The number of nitrogens with zero attached hydrogens (tertiary/aromatic N) is 1. The number of nitrogens with one attached hydrogen (secondary N) is 2. The van der Waals surface area contributed by atoms with Crippen LogP contribution in [-0.4, -0.2) is 36.8 Å². The van der Waals surface area contributed by atoms with Gasteiger partial charge in [0.05, 0.1) is 0 Å². The first kappa shape index (κ1) is 23.0. The fourth-order valence-electron chi connectivity index (χ4n) is 3.20. The van der Waals surface area contributed by atoms with Crippen molar-refractivity contribution in [1.29, 1.82) is 0 Å². The van der Waals surface area contributed by atoms with Crippen molar-refractivity contribution in [3.8, 4) is 0 Å². The molecule has 5 heteroatoms. The van der Waals surface area contributed by atoms with Crippen LogP contribution in [0.25, 0.3) is 0 Å². The number of aliphatic hydroxyl groups is 1. The van der Waals surface area contributed by atoms with Gasteiger partial charge in [-0.2, -0.15) is 0 Å². The number of halogens is 1. The van der Waals surface area contributed by atoms with Crippen LogP contribution in [0, 0.1) is 11.3 Å². The van der Waals surface area contributed by atoms with Crippen molar-refractivity contribution in [2.75, 3.05) is 19.7 Å². The predicted molar refractivity (Wildman–Crippen MR) is 111 cm³/mol. The Balaban J connectivity index is 0.00000484. The van der Waals surface area contributed by atoms with Gasteiger partial charge in [-0.25, -0.2) is 0 Å². The van der Waals surface area contributed by atoms with E-state index in [1.807, 2.05) is 0 Å². The molecule has 0 aromatic carbocycles. The Morgan fingerprint density at radius 3 is 2.39 bits per heavy atom. The Morgan fingerprint density at radius 2 is 1.87 bits per heavy atom. The van der Waals surface area contributed by atoms with Crippen molar-refractivity contribution < 1.29 is 5.11 Å². The van der Waals surface area contributed by atoms with Gasteiger partial charge >= 0.3 is 0 Å². The molecule has 1 unspecified atom stereocenters. The van der Waals surface area contributed by atoms with Gasteiger partial charge in [0.1, 0.15) is 0 Å². The van der Waals surface area contributed by atoms with Crippen LogP contribution in [0.1, 0.15) is 72.6 Å². The zero-order valence-electron chi connectivity index (χ0n) is 15.5. The molecule has 1 aliphatic rings. The van der Waals surface area contributed by atoms with E-state index in [1.165, 1.54) is 25.7 Å². The molecule has 3 N–H and O–H groups in total. The normalized spacial score (nSPS) is 19.8. The van der Waals surface area contributed by atoms with Crippen LogP contribution in [0.4, 0.5) is 0 Å². The van der Waals surface area contributed by atoms with E-state index in [4.69, 9.17) is 10.1 Å². The molecule has 0 amide bonds. The molecule has 0 aromatic rings. The second kappa shape index (κ2) is 12.3. The van der Waals surface area contributed by atoms with Gasteiger partial charge in [-0.3, -0.25) is 4.99 Å². The molecule has 1 atom stereocenters. The Hall–Kier alpha value is -0.0400. The van der Waals surface area contributed by atoms with Crippen molar-refractivity contribution in [2.24, 2.45) is 16.3 Å². The lowest BCUT2D eigenvalue weighted by atomic mass is 9.75. The molecule has 1 saturated carbocycles. The Labute approximate surface area is 160 Å². The molecule has 1 rings (SSSR count). The average Bonchev–Trinajstić information content (AvgIpc) is 2.47. The topological polar surface area (TPSA) is 56.7 Å². The van der Waals surface area contributed by atoms with Gasteiger partial charge in [-0.15, -0.1) is 24.0 Å². The number of aliphatic imine (C=N–C) groups is 1. The summed E-state index contributed by atoms with van der Waals surface area (Å²) in [6, 6.07) is 0.549. The molecule has 1 fully saturated rings. The van der Waals surface area contributed by atoms with Gasteiger partial charge in [-0.05, 0) is 56.8 Å². The molecular formula is C18H38IN3O. The number of guanidine groups is 1. The maximum atomic E-state index is 9.16. The molecule has 1 aliphatic carbocycles. The zero-order valence-corrected chi connectivity index (χ0v) is 17.9. The number of hydrogen-bond acceptors (Lipinski definition) is 2. The second-order valence-corrected chi connectivity index (χ2v) is 7.47. The lowest BCUT2D eigenvalue weighted by Crippen LogP contribution is -2.45. The number of rotatable bonds is 8. The summed E-state index contributed by atoms with van der Waals surface area (Å²) in [6.45, 7) is 11.0. The molecule has 0 spiro atoms. The van der Waals surface area contributed by atoms with Crippen molar-refractivity contribution in [2.45, 2.75) is 78.7 Å². The van der Waals surface area contributed by atoms with Crippen molar-refractivity contribution in [3.63, 3.8) is 0 Å². The van der Waals surface area contributed by atoms with E-state index in [9.17, 15) is 0 Å². The van der Waals surface area contributed by atoms with Crippen molar-refractivity contribution >= 4 is 29.9 Å². The van der Waals surface area contributed by atoms with Gasteiger partial charge < -0.3 is 15.7 Å². The van der Waals surface area contributed by atoms with E-state index in [2.05, 4.69) is 38.3 Å². The third-order valence-corrected chi connectivity index (χ3v) is 4.77. The smallest absolute Gasteiger partial charge is 0.191 e. The lowest BCUT2D eigenvalue weighted by molar-refractivity contribution is 0.216. The highest BCUT2D eigenvalue weighted by Gasteiger charge is 2.27. The molecule has 0 saturated heterocycles. The summed E-state index contributed by atoms with van der Waals surface area (Å²) in [5, 5.41) is 16.1. The van der Waals surface area contributed by atoms with Crippen LogP contribution in [0.2, 0.25) is 0 Å². The SMILES string of the molecule is CCCC(CCO)CN=C(NCC)NC1CCC(C)(C)CC1.I.